The summed E-state index contributed by atoms with van der Waals surface area (Å²) in [6, 6.07) is 2.29. The lowest BCUT2D eigenvalue weighted by Crippen LogP contribution is -2.16. The molecular formula is C14H13BrF2N2O. The fraction of sp³-hybridized carbons (Fsp3) is 0.286. The fourth-order valence-corrected chi connectivity index (χ4v) is 2.38. The molecule has 0 fully saturated rings. The van der Waals surface area contributed by atoms with Crippen LogP contribution in [0.25, 0.3) is 0 Å². The van der Waals surface area contributed by atoms with Gasteiger partial charge in [0.1, 0.15) is 17.3 Å². The average Bonchev–Trinajstić information content (AvgIpc) is 2.76. The maximum atomic E-state index is 14.1. The molecule has 0 aliphatic heterocycles. The van der Waals surface area contributed by atoms with Gasteiger partial charge in [0.05, 0.1) is 16.2 Å². The number of hydrogen-bond acceptors (Lipinski definition) is 2. The average molecular weight is 343 g/mol. The van der Waals surface area contributed by atoms with Crippen LogP contribution in [-0.2, 0) is 0 Å². The van der Waals surface area contributed by atoms with Gasteiger partial charge in [-0.1, -0.05) is 6.07 Å². The second kappa shape index (κ2) is 5.44. The van der Waals surface area contributed by atoms with E-state index in [-0.39, 0.29) is 17.3 Å². The molecule has 0 unspecified atom stereocenters. The van der Waals surface area contributed by atoms with Crippen LogP contribution in [0.3, 0.4) is 0 Å². The molecule has 1 heterocycles. The predicted molar refractivity (Wildman–Crippen MR) is 74.8 cm³/mol. The molecule has 0 aliphatic rings. The predicted octanol–water partition coefficient (Wildman–Crippen LogP) is 4.04. The third-order valence-electron chi connectivity index (χ3n) is 2.97. The van der Waals surface area contributed by atoms with Crippen LogP contribution >= 0.6 is 15.9 Å². The highest BCUT2D eigenvalue weighted by atomic mass is 79.9. The number of aryl methyl sites for hydroxylation is 1. The number of carbonyl (C=O) groups excluding carboxylic acids is 1. The summed E-state index contributed by atoms with van der Waals surface area (Å²) in [6.07, 6.45) is 1.44. The summed E-state index contributed by atoms with van der Waals surface area (Å²) < 4.78 is 29.7. The van der Waals surface area contributed by atoms with Gasteiger partial charge in [-0.3, -0.25) is 9.48 Å². The lowest BCUT2D eigenvalue weighted by atomic mass is 10.0. The van der Waals surface area contributed by atoms with E-state index in [1.165, 1.54) is 23.9 Å². The highest BCUT2D eigenvalue weighted by molar-refractivity contribution is 9.10. The van der Waals surface area contributed by atoms with E-state index in [2.05, 4.69) is 21.0 Å². The second-order valence-electron chi connectivity index (χ2n) is 4.76. The lowest BCUT2D eigenvalue weighted by molar-refractivity contribution is 0.101. The Balaban J connectivity index is 2.64. The van der Waals surface area contributed by atoms with E-state index in [4.69, 9.17) is 0 Å². The fourth-order valence-electron chi connectivity index (χ4n) is 1.93. The van der Waals surface area contributed by atoms with E-state index in [0.29, 0.717) is 4.47 Å². The van der Waals surface area contributed by atoms with Crippen LogP contribution < -0.4 is 0 Å². The largest absolute Gasteiger partial charge is 0.287 e. The summed E-state index contributed by atoms with van der Waals surface area (Å²) in [5.41, 5.74) is -0.182. The summed E-state index contributed by atoms with van der Waals surface area (Å²) in [6.45, 7) is 5.15. The number of halogens is 3. The molecule has 20 heavy (non-hydrogen) atoms. The zero-order valence-electron chi connectivity index (χ0n) is 11.2. The first-order valence-corrected chi connectivity index (χ1v) is 6.86. The lowest BCUT2D eigenvalue weighted by Gasteiger charge is -2.12. The van der Waals surface area contributed by atoms with Crippen molar-refractivity contribution in [3.63, 3.8) is 0 Å². The van der Waals surface area contributed by atoms with Crippen molar-refractivity contribution in [1.29, 1.82) is 0 Å². The Kier molecular flexibility index (Phi) is 4.04. The summed E-state index contributed by atoms with van der Waals surface area (Å²) in [5.74, 6) is -2.43. The first kappa shape index (κ1) is 14.8. The Morgan fingerprint density at radius 3 is 2.60 bits per heavy atom. The van der Waals surface area contributed by atoms with E-state index in [0.717, 1.165) is 6.07 Å². The van der Waals surface area contributed by atoms with Crippen molar-refractivity contribution in [3.8, 4) is 0 Å². The van der Waals surface area contributed by atoms with E-state index in [9.17, 15) is 13.6 Å². The highest BCUT2D eigenvalue weighted by Crippen LogP contribution is 2.26. The molecule has 1 aromatic heterocycles. The topological polar surface area (TPSA) is 34.9 Å². The maximum Gasteiger partial charge on any atom is 0.218 e. The van der Waals surface area contributed by atoms with E-state index >= 15 is 0 Å². The molecule has 3 nitrogen and oxygen atoms in total. The minimum atomic E-state index is -0.874. The minimum absolute atomic E-state index is 0.101. The van der Waals surface area contributed by atoms with Gasteiger partial charge in [-0.05, 0) is 48.3 Å². The number of aromatic nitrogens is 2. The molecule has 2 aromatic rings. The van der Waals surface area contributed by atoms with E-state index < -0.39 is 23.0 Å². The summed E-state index contributed by atoms with van der Waals surface area (Å²) in [4.78, 5) is 12.5. The Morgan fingerprint density at radius 2 is 2.00 bits per heavy atom. The summed E-state index contributed by atoms with van der Waals surface area (Å²) in [5, 5.41) is 4.05. The normalized spacial score (nSPS) is 11.2. The Hall–Kier alpha value is -1.56. The molecule has 0 spiro atoms. The maximum absolute atomic E-state index is 14.1. The summed E-state index contributed by atoms with van der Waals surface area (Å²) in [7, 11) is 0. The molecule has 1 aromatic carbocycles. The highest BCUT2D eigenvalue weighted by Gasteiger charge is 2.26. The molecule has 0 amide bonds. The van der Waals surface area contributed by atoms with Gasteiger partial charge in [-0.25, -0.2) is 8.78 Å². The standard InChI is InChI=1S/C14H13BrF2N2O/c1-7(2)19-13(9(15)6-18-19)14(20)11-10(16)5-4-8(3)12(11)17/h4-7H,1-3H3. The van der Waals surface area contributed by atoms with Gasteiger partial charge in [0.15, 0.2) is 0 Å². The van der Waals surface area contributed by atoms with Gasteiger partial charge < -0.3 is 0 Å². The van der Waals surface area contributed by atoms with Crippen LogP contribution in [0, 0.1) is 18.6 Å². The van der Waals surface area contributed by atoms with Crippen LogP contribution in [0.1, 0.15) is 41.5 Å². The zero-order valence-corrected chi connectivity index (χ0v) is 12.8. The Morgan fingerprint density at radius 1 is 1.35 bits per heavy atom. The van der Waals surface area contributed by atoms with Gasteiger partial charge >= 0.3 is 0 Å². The monoisotopic (exact) mass is 342 g/mol. The number of rotatable bonds is 3. The Bertz CT molecular complexity index is 680. The molecule has 2 rings (SSSR count). The van der Waals surface area contributed by atoms with Crippen molar-refractivity contribution in [2.24, 2.45) is 0 Å². The third-order valence-corrected chi connectivity index (χ3v) is 3.55. The van der Waals surface area contributed by atoms with Crippen LogP contribution in [0.15, 0.2) is 22.8 Å². The van der Waals surface area contributed by atoms with Crippen molar-refractivity contribution in [2.45, 2.75) is 26.8 Å². The van der Waals surface area contributed by atoms with Crippen molar-refractivity contribution in [3.05, 3.63) is 51.3 Å². The van der Waals surface area contributed by atoms with Crippen molar-refractivity contribution in [2.75, 3.05) is 0 Å². The summed E-state index contributed by atoms with van der Waals surface area (Å²) >= 11 is 3.20. The number of hydrogen-bond donors (Lipinski definition) is 0. The van der Waals surface area contributed by atoms with E-state index in [1.54, 1.807) is 0 Å². The molecule has 0 saturated carbocycles. The molecule has 106 valence electrons. The second-order valence-corrected chi connectivity index (χ2v) is 5.62. The number of ketones is 1. The van der Waals surface area contributed by atoms with Gasteiger partial charge in [0, 0.05) is 6.04 Å². The molecule has 6 heteroatoms. The van der Waals surface area contributed by atoms with Gasteiger partial charge in [-0.15, -0.1) is 0 Å². The third kappa shape index (κ3) is 2.40. The van der Waals surface area contributed by atoms with Gasteiger partial charge in [0.25, 0.3) is 0 Å². The van der Waals surface area contributed by atoms with Crippen LogP contribution in [0.5, 0.6) is 0 Å². The zero-order chi connectivity index (χ0) is 15.0. The van der Waals surface area contributed by atoms with Crippen molar-refractivity contribution >= 4 is 21.7 Å². The Labute approximate surface area is 123 Å². The molecule has 0 atom stereocenters. The van der Waals surface area contributed by atoms with Gasteiger partial charge in [-0.2, -0.15) is 5.10 Å². The quantitative estimate of drug-likeness (QED) is 0.789. The van der Waals surface area contributed by atoms with Gasteiger partial charge in [0.2, 0.25) is 5.78 Å². The van der Waals surface area contributed by atoms with E-state index in [1.807, 2.05) is 13.8 Å². The molecule has 0 bridgehead atoms. The smallest absolute Gasteiger partial charge is 0.218 e. The number of carbonyl (C=O) groups is 1. The minimum Gasteiger partial charge on any atom is -0.287 e. The SMILES string of the molecule is Cc1ccc(F)c(C(=O)c2c(Br)cnn2C(C)C)c1F. The number of nitrogens with zero attached hydrogens (tertiary/aromatic N) is 2. The molecule has 0 saturated heterocycles. The first-order valence-electron chi connectivity index (χ1n) is 6.07. The van der Waals surface area contributed by atoms with Crippen LogP contribution in [0.2, 0.25) is 0 Å². The van der Waals surface area contributed by atoms with Crippen LogP contribution in [-0.4, -0.2) is 15.6 Å². The molecule has 0 aliphatic carbocycles. The molecule has 0 N–H and O–H groups in total. The molecule has 0 radical (unpaired) electrons. The van der Waals surface area contributed by atoms with Crippen molar-refractivity contribution < 1.29 is 13.6 Å². The first-order chi connectivity index (χ1) is 9.34. The molecular weight excluding hydrogens is 330 g/mol. The van der Waals surface area contributed by atoms with Crippen molar-refractivity contribution in [1.82, 2.24) is 9.78 Å². The van der Waals surface area contributed by atoms with Crippen LogP contribution in [0.4, 0.5) is 8.78 Å². The number of benzene rings is 1.